The lowest BCUT2D eigenvalue weighted by atomic mass is 10.0. The van der Waals surface area contributed by atoms with Crippen LogP contribution in [0.1, 0.15) is 32.1 Å². The minimum Gasteiger partial charge on any atom is -0.336 e. The molecule has 0 aromatic heterocycles. The number of hydrogen-bond donors (Lipinski definition) is 1. The average molecular weight is 524 g/mol. The predicted octanol–water partition coefficient (Wildman–Crippen LogP) is 3.25. The molecule has 2 atom stereocenters. The maximum absolute atomic E-state index is 13.6. The van der Waals surface area contributed by atoms with Gasteiger partial charge >= 0.3 is 6.18 Å². The maximum atomic E-state index is 13.6. The number of rotatable bonds is 5. The Hall–Kier alpha value is -2.03. The Bertz CT molecular complexity index is 1170. The minimum absolute atomic E-state index is 0.177. The first-order valence-corrected chi connectivity index (χ1v) is 12.4. The van der Waals surface area contributed by atoms with E-state index < -0.39 is 75.9 Å². The van der Waals surface area contributed by atoms with Crippen molar-refractivity contribution in [2.45, 2.75) is 60.0 Å². The average Bonchev–Trinajstić information content (AvgIpc) is 3.63. The molecule has 1 N–H and O–H groups in total. The topological polar surface area (TPSA) is 107 Å². The van der Waals surface area contributed by atoms with Crippen molar-refractivity contribution in [2.24, 2.45) is 5.41 Å². The molecule has 1 heterocycles. The van der Waals surface area contributed by atoms with Crippen LogP contribution >= 0.6 is 23.2 Å². The molecular weight excluding hydrogens is 506 g/mol. The lowest BCUT2D eigenvalue weighted by molar-refractivity contribution is -0.199. The van der Waals surface area contributed by atoms with E-state index in [4.69, 9.17) is 23.2 Å². The Balaban J connectivity index is 1.67. The van der Waals surface area contributed by atoms with E-state index in [1.807, 2.05) is 6.07 Å². The van der Waals surface area contributed by atoms with Gasteiger partial charge in [-0.25, -0.2) is 8.42 Å². The van der Waals surface area contributed by atoms with Crippen LogP contribution in [0, 0.1) is 16.7 Å². The Morgan fingerprint density at radius 1 is 1.18 bits per heavy atom. The van der Waals surface area contributed by atoms with E-state index in [1.54, 1.807) is 0 Å². The maximum Gasteiger partial charge on any atom is 0.403 e. The van der Waals surface area contributed by atoms with Crippen molar-refractivity contribution in [3.8, 4) is 6.07 Å². The number of amides is 2. The van der Waals surface area contributed by atoms with Gasteiger partial charge in [0.25, 0.3) is 0 Å². The zero-order valence-corrected chi connectivity index (χ0v) is 19.3. The number of nitriles is 1. The Kier molecular flexibility index (Phi) is 5.66. The summed E-state index contributed by atoms with van der Waals surface area (Å²) in [6, 6.07) is 4.16. The van der Waals surface area contributed by atoms with E-state index >= 15 is 0 Å². The van der Waals surface area contributed by atoms with Crippen LogP contribution in [0.4, 0.5) is 13.2 Å². The first kappa shape index (κ1) is 24.1. The smallest absolute Gasteiger partial charge is 0.336 e. The number of nitrogens with zero attached hydrogens (tertiary/aromatic N) is 2. The Morgan fingerprint density at radius 3 is 2.30 bits per heavy atom. The van der Waals surface area contributed by atoms with Crippen molar-refractivity contribution < 1.29 is 31.2 Å². The highest BCUT2D eigenvalue weighted by Gasteiger charge is 2.70. The number of nitrogens with one attached hydrogen (secondary N) is 1. The van der Waals surface area contributed by atoms with Crippen molar-refractivity contribution in [3.05, 3.63) is 28.2 Å². The Labute approximate surface area is 197 Å². The number of carbonyl (C=O) groups is 2. The highest BCUT2D eigenvalue weighted by Crippen LogP contribution is 2.59. The van der Waals surface area contributed by atoms with Gasteiger partial charge in [0.05, 0.1) is 21.2 Å². The summed E-state index contributed by atoms with van der Waals surface area (Å²) in [6.45, 7) is -0.602. The molecule has 3 fully saturated rings. The highest BCUT2D eigenvalue weighted by molar-refractivity contribution is 7.92. The van der Waals surface area contributed by atoms with Crippen LogP contribution < -0.4 is 5.32 Å². The van der Waals surface area contributed by atoms with Gasteiger partial charge in [-0.15, -0.1) is 0 Å². The third kappa shape index (κ3) is 4.06. The van der Waals surface area contributed by atoms with Crippen molar-refractivity contribution >= 4 is 44.9 Å². The largest absolute Gasteiger partial charge is 0.403 e. The molecular formula is C20H18Cl2F3N3O4S. The second-order valence-corrected chi connectivity index (χ2v) is 11.8. The molecule has 178 valence electrons. The molecule has 2 saturated carbocycles. The summed E-state index contributed by atoms with van der Waals surface area (Å²) in [6.07, 6.45) is -5.37. The zero-order chi connectivity index (χ0) is 24.4. The van der Waals surface area contributed by atoms with Crippen LogP contribution in [-0.4, -0.2) is 54.7 Å². The van der Waals surface area contributed by atoms with E-state index in [0.29, 0.717) is 17.7 Å². The fourth-order valence-corrected chi connectivity index (χ4v) is 6.58. The third-order valence-electron chi connectivity index (χ3n) is 6.49. The predicted molar refractivity (Wildman–Crippen MR) is 111 cm³/mol. The van der Waals surface area contributed by atoms with Crippen LogP contribution in [0.5, 0.6) is 0 Å². The Morgan fingerprint density at radius 2 is 1.82 bits per heavy atom. The molecule has 7 nitrogen and oxygen atoms in total. The van der Waals surface area contributed by atoms with E-state index in [9.17, 15) is 36.4 Å². The summed E-state index contributed by atoms with van der Waals surface area (Å²) >= 11 is 11.9. The normalized spacial score (nSPS) is 25.3. The van der Waals surface area contributed by atoms with Crippen LogP contribution in [-0.2, 0) is 19.4 Å². The lowest BCUT2D eigenvalue weighted by Gasteiger charge is -2.29. The summed E-state index contributed by atoms with van der Waals surface area (Å²) < 4.78 is 67.3. The minimum atomic E-state index is -4.83. The van der Waals surface area contributed by atoms with Gasteiger partial charge in [-0.05, 0) is 50.3 Å². The van der Waals surface area contributed by atoms with Gasteiger partial charge in [0, 0.05) is 11.6 Å². The van der Waals surface area contributed by atoms with E-state index in [0.717, 1.165) is 0 Å². The SMILES string of the molecule is N#CC1(NC(=O)C2CC(S(=O)(=O)c3ccc(Cl)cc3Cl)CN2C(=O)C2(C(F)(F)F)CC2)CC1. The molecule has 1 aromatic carbocycles. The highest BCUT2D eigenvalue weighted by atomic mass is 35.5. The van der Waals surface area contributed by atoms with Crippen LogP contribution in [0.15, 0.2) is 23.1 Å². The van der Waals surface area contributed by atoms with Crippen molar-refractivity contribution in [1.29, 1.82) is 5.26 Å². The van der Waals surface area contributed by atoms with Crippen molar-refractivity contribution in [1.82, 2.24) is 10.2 Å². The van der Waals surface area contributed by atoms with Gasteiger partial charge in [0.15, 0.2) is 9.84 Å². The molecule has 1 saturated heterocycles. The molecule has 0 radical (unpaired) electrons. The molecule has 2 amide bonds. The third-order valence-corrected chi connectivity index (χ3v) is 9.34. The van der Waals surface area contributed by atoms with Gasteiger partial charge in [-0.1, -0.05) is 23.2 Å². The fraction of sp³-hybridized carbons (Fsp3) is 0.550. The van der Waals surface area contributed by atoms with Gasteiger partial charge < -0.3 is 10.2 Å². The molecule has 2 aliphatic carbocycles. The van der Waals surface area contributed by atoms with Gasteiger partial charge in [-0.3, -0.25) is 9.59 Å². The van der Waals surface area contributed by atoms with Gasteiger partial charge in [-0.2, -0.15) is 18.4 Å². The number of hydrogen-bond acceptors (Lipinski definition) is 5. The van der Waals surface area contributed by atoms with Crippen LogP contribution in [0.3, 0.4) is 0 Å². The zero-order valence-electron chi connectivity index (χ0n) is 17.0. The van der Waals surface area contributed by atoms with Gasteiger partial charge in [0.1, 0.15) is 17.0 Å². The fourth-order valence-electron chi connectivity index (χ4n) is 4.11. The summed E-state index contributed by atoms with van der Waals surface area (Å²) in [5.41, 5.74) is -3.75. The van der Waals surface area contributed by atoms with Crippen molar-refractivity contribution in [2.75, 3.05) is 6.54 Å². The number of sulfone groups is 1. The standard InChI is InChI=1S/C20H18Cl2F3N3O4S/c21-11-1-2-15(13(22)7-11)33(31,32)12-8-14(16(29)27-18(10-26)3-4-18)28(9-12)17(30)19(5-6-19)20(23,24)25/h1-2,7,12,14H,3-6,8-9H2,(H,27,29). The molecule has 1 aromatic rings. The quantitative estimate of drug-likeness (QED) is 0.637. The summed E-state index contributed by atoms with van der Waals surface area (Å²) in [5.74, 6) is -2.17. The molecule has 13 heteroatoms. The molecule has 0 bridgehead atoms. The monoisotopic (exact) mass is 523 g/mol. The number of halogens is 5. The molecule has 1 aliphatic heterocycles. The first-order valence-electron chi connectivity index (χ1n) is 10.1. The number of benzene rings is 1. The second kappa shape index (κ2) is 7.75. The van der Waals surface area contributed by atoms with E-state index in [-0.39, 0.29) is 14.9 Å². The van der Waals surface area contributed by atoms with E-state index in [2.05, 4.69) is 5.32 Å². The summed E-state index contributed by atoms with van der Waals surface area (Å²) in [7, 11) is -4.22. The van der Waals surface area contributed by atoms with Crippen LogP contribution in [0.2, 0.25) is 10.0 Å². The number of carbonyl (C=O) groups excluding carboxylic acids is 2. The summed E-state index contributed by atoms with van der Waals surface area (Å²) in [4.78, 5) is 26.3. The van der Waals surface area contributed by atoms with Gasteiger partial charge in [0.2, 0.25) is 11.8 Å². The molecule has 4 rings (SSSR count). The lowest BCUT2D eigenvalue weighted by Crippen LogP contribution is -2.53. The molecule has 0 spiro atoms. The van der Waals surface area contributed by atoms with Crippen molar-refractivity contribution in [3.63, 3.8) is 0 Å². The summed E-state index contributed by atoms with van der Waals surface area (Å²) in [5, 5.41) is 10.4. The molecule has 2 unspecified atom stereocenters. The molecule has 33 heavy (non-hydrogen) atoms. The first-order chi connectivity index (χ1) is 15.3. The number of likely N-dealkylation sites (tertiary alicyclic amines) is 1. The second-order valence-electron chi connectivity index (χ2n) is 8.71. The van der Waals surface area contributed by atoms with Crippen LogP contribution in [0.25, 0.3) is 0 Å². The molecule has 3 aliphatic rings. The number of alkyl halides is 3. The van der Waals surface area contributed by atoms with E-state index in [1.165, 1.54) is 18.2 Å².